The fourth-order valence-corrected chi connectivity index (χ4v) is 11.6. The number of aromatic nitrogens is 1. The summed E-state index contributed by atoms with van der Waals surface area (Å²) in [6.45, 7) is 9.50. The van der Waals surface area contributed by atoms with Gasteiger partial charge in [0.2, 0.25) is 0 Å². The summed E-state index contributed by atoms with van der Waals surface area (Å²) >= 11 is 0. The van der Waals surface area contributed by atoms with Gasteiger partial charge in [-0.1, -0.05) is 58.0 Å². The molecule has 0 atom stereocenters. The fraction of sp³-hybridized carbons (Fsp3) is 0.333. The van der Waals surface area contributed by atoms with E-state index in [1.54, 1.807) is 17.3 Å². The van der Waals surface area contributed by atoms with Gasteiger partial charge in [-0.25, -0.2) is 4.39 Å². The van der Waals surface area contributed by atoms with E-state index in [2.05, 4.69) is 63.6 Å². The largest absolute Gasteiger partial charge is 0.344 e. The van der Waals surface area contributed by atoms with Crippen LogP contribution in [0.3, 0.4) is 0 Å². The Bertz CT molecular complexity index is 944. The number of hydrogen-bond acceptors (Lipinski definition) is 0. The molecule has 0 N–H and O–H groups in total. The third-order valence-electron chi connectivity index (χ3n) is 6.03. The lowest BCUT2D eigenvalue weighted by molar-refractivity contribution is 0.629. The van der Waals surface area contributed by atoms with Crippen LogP contribution in [0.1, 0.15) is 27.7 Å². The zero-order valence-corrected chi connectivity index (χ0v) is 16.0. The molecule has 124 valence electrons. The van der Waals surface area contributed by atoms with Crippen LogP contribution >= 0.6 is 0 Å². The standard InChI is InChI=1S/C21H24FNSi/c1-13(2)24(14(3)4)19-9-7-6-8-17(19)20-21(24)16-11-10-15(22)12-18(16)23(20)5/h6-14H,1-5H3. The van der Waals surface area contributed by atoms with Crippen molar-refractivity contribution in [1.82, 2.24) is 4.57 Å². The summed E-state index contributed by atoms with van der Waals surface area (Å²) in [6, 6.07) is 14.2. The van der Waals surface area contributed by atoms with E-state index in [4.69, 9.17) is 0 Å². The molecule has 0 saturated carbocycles. The minimum Gasteiger partial charge on any atom is -0.344 e. The number of benzene rings is 2. The average Bonchev–Trinajstić information content (AvgIpc) is 2.99. The molecule has 3 heteroatoms. The second-order valence-corrected chi connectivity index (χ2v) is 12.8. The Kier molecular flexibility index (Phi) is 3.30. The topological polar surface area (TPSA) is 4.93 Å². The summed E-state index contributed by atoms with van der Waals surface area (Å²) in [5.41, 5.74) is 4.89. The van der Waals surface area contributed by atoms with Crippen molar-refractivity contribution in [3.8, 4) is 11.3 Å². The molecule has 1 nitrogen and oxygen atoms in total. The molecule has 0 unspecified atom stereocenters. The molecule has 0 bridgehead atoms. The van der Waals surface area contributed by atoms with Crippen LogP contribution < -0.4 is 10.4 Å². The summed E-state index contributed by atoms with van der Waals surface area (Å²) in [4.78, 5) is 0. The first-order valence-electron chi connectivity index (χ1n) is 8.79. The van der Waals surface area contributed by atoms with E-state index in [9.17, 15) is 4.39 Å². The summed E-state index contributed by atoms with van der Waals surface area (Å²) < 4.78 is 16.1. The summed E-state index contributed by atoms with van der Waals surface area (Å²) in [5.74, 6) is -0.156. The molecule has 0 radical (unpaired) electrons. The van der Waals surface area contributed by atoms with E-state index in [0.29, 0.717) is 11.1 Å². The van der Waals surface area contributed by atoms with Gasteiger partial charge >= 0.3 is 0 Å². The van der Waals surface area contributed by atoms with Crippen molar-refractivity contribution >= 4 is 29.4 Å². The van der Waals surface area contributed by atoms with Crippen LogP contribution in [0.4, 0.5) is 4.39 Å². The Morgan fingerprint density at radius 2 is 1.62 bits per heavy atom. The van der Waals surface area contributed by atoms with Crippen molar-refractivity contribution < 1.29 is 4.39 Å². The molecule has 3 aromatic rings. The Labute approximate surface area is 144 Å². The van der Waals surface area contributed by atoms with Gasteiger partial charge in [-0.15, -0.1) is 0 Å². The SMILES string of the molecule is CC(C)[Si]1(C(C)C)c2ccccc2-c2c1c1ccc(F)cc1n2C. The van der Waals surface area contributed by atoms with E-state index in [-0.39, 0.29) is 5.82 Å². The molecule has 2 heterocycles. The minimum absolute atomic E-state index is 0.156. The molecule has 4 rings (SSSR count). The van der Waals surface area contributed by atoms with E-state index in [0.717, 1.165) is 5.52 Å². The molecule has 0 amide bonds. The number of fused-ring (bicyclic) bond motifs is 5. The molecule has 1 aromatic heterocycles. The fourth-order valence-electron chi connectivity index (χ4n) is 5.19. The van der Waals surface area contributed by atoms with Crippen molar-refractivity contribution in [2.75, 3.05) is 0 Å². The zero-order valence-electron chi connectivity index (χ0n) is 15.0. The van der Waals surface area contributed by atoms with Crippen LogP contribution in [-0.4, -0.2) is 12.6 Å². The number of rotatable bonds is 2. The monoisotopic (exact) mass is 337 g/mol. The van der Waals surface area contributed by atoms with Gasteiger partial charge in [0.1, 0.15) is 13.9 Å². The molecule has 1 aliphatic rings. The van der Waals surface area contributed by atoms with Gasteiger partial charge in [0.05, 0.1) is 5.52 Å². The molecule has 1 aliphatic heterocycles. The number of hydrogen-bond donors (Lipinski definition) is 0. The highest BCUT2D eigenvalue weighted by molar-refractivity contribution is 7.08. The van der Waals surface area contributed by atoms with Crippen molar-refractivity contribution in [2.24, 2.45) is 7.05 Å². The summed E-state index contributed by atoms with van der Waals surface area (Å²) in [6.07, 6.45) is 0. The van der Waals surface area contributed by atoms with Crippen LogP contribution in [0, 0.1) is 5.82 Å². The van der Waals surface area contributed by atoms with Crippen molar-refractivity contribution in [3.63, 3.8) is 0 Å². The Hall–Kier alpha value is -1.87. The highest BCUT2D eigenvalue weighted by Gasteiger charge is 2.52. The lowest BCUT2D eigenvalue weighted by atomic mass is 10.1. The van der Waals surface area contributed by atoms with Gasteiger partial charge in [0.15, 0.2) is 0 Å². The van der Waals surface area contributed by atoms with Crippen LogP contribution in [0.15, 0.2) is 42.5 Å². The normalized spacial score (nSPS) is 15.3. The third-order valence-corrected chi connectivity index (χ3v) is 12.3. The first-order valence-corrected chi connectivity index (χ1v) is 10.9. The van der Waals surface area contributed by atoms with Gasteiger partial charge in [0, 0.05) is 18.1 Å². The quantitative estimate of drug-likeness (QED) is 0.598. The maximum Gasteiger partial charge on any atom is 0.127 e. The van der Waals surface area contributed by atoms with E-state index in [1.807, 2.05) is 6.07 Å². The highest BCUT2D eigenvalue weighted by atomic mass is 28.3. The van der Waals surface area contributed by atoms with Gasteiger partial charge in [-0.3, -0.25) is 0 Å². The van der Waals surface area contributed by atoms with Crippen LogP contribution in [0.25, 0.3) is 22.2 Å². The zero-order chi connectivity index (χ0) is 17.2. The predicted molar refractivity (Wildman–Crippen MR) is 104 cm³/mol. The van der Waals surface area contributed by atoms with Gasteiger partial charge < -0.3 is 4.57 Å². The van der Waals surface area contributed by atoms with Crippen LogP contribution in [-0.2, 0) is 7.05 Å². The Morgan fingerprint density at radius 3 is 2.29 bits per heavy atom. The molecule has 0 fully saturated rings. The number of nitrogens with zero attached hydrogens (tertiary/aromatic N) is 1. The molecular weight excluding hydrogens is 313 g/mol. The minimum atomic E-state index is -1.93. The van der Waals surface area contributed by atoms with Gasteiger partial charge in [-0.2, -0.15) is 0 Å². The lowest BCUT2D eigenvalue weighted by Gasteiger charge is -2.37. The van der Waals surface area contributed by atoms with Crippen molar-refractivity contribution in [2.45, 2.75) is 38.8 Å². The summed E-state index contributed by atoms with van der Waals surface area (Å²) in [5, 5.41) is 4.33. The van der Waals surface area contributed by atoms with Gasteiger partial charge in [0.25, 0.3) is 0 Å². The molecule has 2 aromatic carbocycles. The maximum atomic E-state index is 13.9. The molecule has 0 saturated heterocycles. The number of aryl methyl sites for hydroxylation is 1. The Morgan fingerprint density at radius 1 is 0.958 bits per heavy atom. The van der Waals surface area contributed by atoms with Crippen LogP contribution in [0.5, 0.6) is 0 Å². The first kappa shape index (κ1) is 15.6. The third kappa shape index (κ3) is 1.68. The average molecular weight is 338 g/mol. The van der Waals surface area contributed by atoms with Crippen LogP contribution in [0.2, 0.25) is 11.1 Å². The second-order valence-electron chi connectivity index (χ2n) is 7.67. The molecule has 0 aliphatic carbocycles. The van der Waals surface area contributed by atoms with E-state index >= 15 is 0 Å². The molecule has 0 spiro atoms. The maximum absolute atomic E-state index is 13.9. The smallest absolute Gasteiger partial charge is 0.127 e. The van der Waals surface area contributed by atoms with Gasteiger partial charge in [-0.05, 0) is 39.2 Å². The van der Waals surface area contributed by atoms with Crippen molar-refractivity contribution in [3.05, 3.63) is 48.3 Å². The first-order chi connectivity index (χ1) is 11.4. The predicted octanol–water partition coefficient (Wildman–Crippen LogP) is 4.68. The molecule has 24 heavy (non-hydrogen) atoms. The highest BCUT2D eigenvalue weighted by Crippen LogP contribution is 2.43. The summed E-state index contributed by atoms with van der Waals surface area (Å²) in [7, 11) is 0.153. The van der Waals surface area contributed by atoms with Crippen molar-refractivity contribution in [1.29, 1.82) is 0 Å². The lowest BCUT2D eigenvalue weighted by Crippen LogP contribution is -2.60. The second kappa shape index (κ2) is 5.06. The molecular formula is C21H24FNSi. The van der Waals surface area contributed by atoms with E-state index in [1.165, 1.54) is 21.8 Å². The number of halogens is 1. The Balaban J connectivity index is 2.25. The van der Waals surface area contributed by atoms with E-state index < -0.39 is 8.07 Å².